The summed E-state index contributed by atoms with van der Waals surface area (Å²) < 4.78 is 50.0. The minimum Gasteiger partial charge on any atom is -0.495 e. The Hall–Kier alpha value is -4.00. The molecule has 2 aromatic carbocycles. The summed E-state index contributed by atoms with van der Waals surface area (Å²) >= 11 is 0. The van der Waals surface area contributed by atoms with Crippen LogP contribution in [0.25, 0.3) is 11.0 Å². The number of aromatic nitrogens is 4. The van der Waals surface area contributed by atoms with Gasteiger partial charge in [0.15, 0.2) is 16.3 Å². The maximum Gasteiger partial charge on any atom is 0.270 e. The Morgan fingerprint density at radius 3 is 2.36 bits per heavy atom. The van der Waals surface area contributed by atoms with Crippen LogP contribution in [0.15, 0.2) is 39.8 Å². The van der Waals surface area contributed by atoms with E-state index in [0.717, 1.165) is 5.82 Å². The van der Waals surface area contributed by atoms with Gasteiger partial charge in [0.05, 0.1) is 32.4 Å². The van der Waals surface area contributed by atoms with Gasteiger partial charge in [-0.25, -0.2) is 8.42 Å². The molecular formula is C20H22N6O6S. The number of rotatable bonds is 9. The molecule has 0 atom stereocenters. The molecule has 3 N–H and O–H groups in total. The minimum absolute atomic E-state index is 0.0195. The van der Waals surface area contributed by atoms with Crippen LogP contribution in [0.5, 0.6) is 17.2 Å². The van der Waals surface area contributed by atoms with Crippen molar-refractivity contribution in [3.8, 4) is 17.2 Å². The van der Waals surface area contributed by atoms with Crippen molar-refractivity contribution >= 4 is 38.4 Å². The minimum atomic E-state index is -4.14. The maximum absolute atomic E-state index is 13.2. The lowest BCUT2D eigenvalue weighted by molar-refractivity contribution is 0.373. The SMILES string of the molecule is CCc1nc(Nc2cc3onc(NS(=O)(=O)c4c(OC)cccc4OC)c3cc2OC)n[nH]1. The second-order valence-electron chi connectivity index (χ2n) is 6.76. The average molecular weight is 474 g/mol. The Balaban J connectivity index is 1.71. The molecule has 0 saturated heterocycles. The van der Waals surface area contributed by atoms with Crippen molar-refractivity contribution in [2.75, 3.05) is 31.4 Å². The van der Waals surface area contributed by atoms with Crippen molar-refractivity contribution in [3.05, 3.63) is 36.2 Å². The molecule has 4 aromatic rings. The van der Waals surface area contributed by atoms with Gasteiger partial charge in [-0.15, -0.1) is 5.10 Å². The molecule has 0 fully saturated rings. The molecule has 0 radical (unpaired) electrons. The zero-order valence-electron chi connectivity index (χ0n) is 18.3. The fraction of sp³-hybridized carbons (Fsp3) is 0.250. The summed E-state index contributed by atoms with van der Waals surface area (Å²) in [6, 6.07) is 7.88. The Labute approximate surface area is 189 Å². The molecule has 2 aromatic heterocycles. The summed E-state index contributed by atoms with van der Waals surface area (Å²) in [5, 5.41) is 14.2. The van der Waals surface area contributed by atoms with Gasteiger partial charge in [0.25, 0.3) is 10.0 Å². The van der Waals surface area contributed by atoms with E-state index in [1.54, 1.807) is 18.2 Å². The van der Waals surface area contributed by atoms with Crippen molar-refractivity contribution < 1.29 is 27.2 Å². The molecule has 0 spiro atoms. The molecule has 0 amide bonds. The number of fused-ring (bicyclic) bond motifs is 1. The lowest BCUT2D eigenvalue weighted by Gasteiger charge is -2.13. The summed E-state index contributed by atoms with van der Waals surface area (Å²) in [4.78, 5) is 4.14. The van der Waals surface area contributed by atoms with Crippen molar-refractivity contribution in [1.29, 1.82) is 0 Å². The van der Waals surface area contributed by atoms with E-state index in [9.17, 15) is 8.42 Å². The predicted octanol–water partition coefficient (Wildman–Crippen LogP) is 3.08. The smallest absolute Gasteiger partial charge is 0.270 e. The van der Waals surface area contributed by atoms with Gasteiger partial charge >= 0.3 is 0 Å². The van der Waals surface area contributed by atoms with Gasteiger partial charge in [-0.05, 0) is 18.2 Å². The fourth-order valence-electron chi connectivity index (χ4n) is 3.19. The molecule has 174 valence electrons. The molecule has 33 heavy (non-hydrogen) atoms. The highest BCUT2D eigenvalue weighted by atomic mass is 32.2. The van der Waals surface area contributed by atoms with E-state index >= 15 is 0 Å². The molecule has 0 bridgehead atoms. The number of ether oxygens (including phenoxy) is 3. The van der Waals surface area contributed by atoms with Crippen LogP contribution in [-0.4, -0.2) is 50.1 Å². The number of methoxy groups -OCH3 is 3. The highest BCUT2D eigenvalue weighted by Crippen LogP contribution is 2.38. The monoisotopic (exact) mass is 474 g/mol. The second kappa shape index (κ2) is 8.86. The van der Waals surface area contributed by atoms with Gasteiger partial charge in [-0.2, -0.15) is 4.98 Å². The van der Waals surface area contributed by atoms with Gasteiger partial charge in [-0.1, -0.05) is 18.1 Å². The van der Waals surface area contributed by atoms with Crippen LogP contribution in [0.3, 0.4) is 0 Å². The van der Waals surface area contributed by atoms with Crippen LogP contribution in [0.1, 0.15) is 12.7 Å². The molecule has 0 aliphatic heterocycles. The Kier molecular flexibility index (Phi) is 5.96. The Morgan fingerprint density at radius 1 is 1.06 bits per heavy atom. The van der Waals surface area contributed by atoms with E-state index < -0.39 is 10.0 Å². The van der Waals surface area contributed by atoms with Crippen molar-refractivity contribution in [1.82, 2.24) is 20.3 Å². The normalized spacial score (nSPS) is 11.4. The van der Waals surface area contributed by atoms with Crippen LogP contribution in [-0.2, 0) is 16.4 Å². The molecular weight excluding hydrogens is 452 g/mol. The standard InChI is InChI=1S/C20H22N6O6S/c1-5-17-22-20(24-23-17)21-12-10-15-11(9-16(12)31-4)19(25-32-15)26-33(27,28)18-13(29-2)7-6-8-14(18)30-3/h6-10H,5H2,1-4H3,(H,25,26)(H2,21,22,23,24). The van der Waals surface area contributed by atoms with Crippen molar-refractivity contribution in [2.24, 2.45) is 0 Å². The number of anilines is 3. The maximum atomic E-state index is 13.2. The van der Waals surface area contributed by atoms with E-state index in [-0.39, 0.29) is 22.2 Å². The highest BCUT2D eigenvalue weighted by molar-refractivity contribution is 7.93. The quantitative estimate of drug-likeness (QED) is 0.330. The van der Waals surface area contributed by atoms with E-state index in [1.165, 1.54) is 33.5 Å². The van der Waals surface area contributed by atoms with Gasteiger partial charge in [-0.3, -0.25) is 9.82 Å². The first-order valence-electron chi connectivity index (χ1n) is 9.79. The van der Waals surface area contributed by atoms with Gasteiger partial charge < -0.3 is 24.1 Å². The molecule has 12 nitrogen and oxygen atoms in total. The first-order valence-corrected chi connectivity index (χ1v) is 11.3. The molecule has 0 aliphatic carbocycles. The van der Waals surface area contributed by atoms with Crippen molar-refractivity contribution in [2.45, 2.75) is 18.2 Å². The molecule has 0 unspecified atom stereocenters. The summed E-state index contributed by atoms with van der Waals surface area (Å²) in [7, 11) is 0.0860. The number of aromatic amines is 1. The van der Waals surface area contributed by atoms with Crippen molar-refractivity contribution in [3.63, 3.8) is 0 Å². The van der Waals surface area contributed by atoms with E-state index in [0.29, 0.717) is 34.8 Å². The predicted molar refractivity (Wildman–Crippen MR) is 120 cm³/mol. The second-order valence-corrected chi connectivity index (χ2v) is 8.38. The molecule has 0 saturated carbocycles. The number of hydrogen-bond acceptors (Lipinski definition) is 10. The van der Waals surface area contributed by atoms with Crippen LogP contribution in [0.2, 0.25) is 0 Å². The molecule has 4 rings (SSSR count). The summed E-state index contributed by atoms with van der Waals surface area (Å²) in [6.45, 7) is 1.95. The van der Waals surface area contributed by atoms with Gasteiger partial charge in [0.2, 0.25) is 5.95 Å². The fourth-order valence-corrected chi connectivity index (χ4v) is 4.53. The molecule has 13 heteroatoms. The summed E-state index contributed by atoms with van der Waals surface area (Å²) in [6.07, 6.45) is 0.702. The average Bonchev–Trinajstić information content (AvgIpc) is 3.44. The Bertz CT molecular complexity index is 1380. The number of H-pyrrole nitrogens is 1. The third-order valence-electron chi connectivity index (χ3n) is 4.79. The lowest BCUT2D eigenvalue weighted by atomic mass is 10.2. The summed E-state index contributed by atoms with van der Waals surface area (Å²) in [5.41, 5.74) is 0.831. The highest BCUT2D eigenvalue weighted by Gasteiger charge is 2.27. The number of sulfonamides is 1. The van der Waals surface area contributed by atoms with E-state index in [1.807, 2.05) is 6.92 Å². The van der Waals surface area contributed by atoms with Gasteiger partial charge in [0.1, 0.15) is 23.1 Å². The number of benzene rings is 2. The van der Waals surface area contributed by atoms with Crippen LogP contribution >= 0.6 is 0 Å². The topological polar surface area (TPSA) is 153 Å². The molecule has 2 heterocycles. The van der Waals surface area contributed by atoms with Crippen LogP contribution in [0, 0.1) is 0 Å². The number of nitrogens with zero attached hydrogens (tertiary/aromatic N) is 3. The van der Waals surface area contributed by atoms with E-state index in [4.69, 9.17) is 18.7 Å². The van der Waals surface area contributed by atoms with E-state index in [2.05, 4.69) is 30.4 Å². The zero-order chi connectivity index (χ0) is 23.6. The third-order valence-corrected chi connectivity index (χ3v) is 6.19. The zero-order valence-corrected chi connectivity index (χ0v) is 19.1. The number of hydrogen-bond donors (Lipinski definition) is 3. The molecule has 0 aliphatic rings. The number of aryl methyl sites for hydroxylation is 1. The third kappa shape index (κ3) is 4.22. The largest absolute Gasteiger partial charge is 0.495 e. The first kappa shape index (κ1) is 22.2. The number of nitrogens with one attached hydrogen (secondary N) is 3. The van der Waals surface area contributed by atoms with Crippen LogP contribution < -0.4 is 24.2 Å². The lowest BCUT2D eigenvalue weighted by Crippen LogP contribution is -2.15. The van der Waals surface area contributed by atoms with Gasteiger partial charge in [0, 0.05) is 12.5 Å². The summed E-state index contributed by atoms with van der Waals surface area (Å²) in [5.74, 6) is 1.71. The Morgan fingerprint density at radius 2 is 1.76 bits per heavy atom. The van der Waals surface area contributed by atoms with Crippen LogP contribution in [0.4, 0.5) is 17.5 Å². The first-order chi connectivity index (χ1) is 15.9.